The zero-order valence-electron chi connectivity index (χ0n) is 11.2. The Hall–Kier alpha value is -1.86. The molecule has 0 amide bonds. The van der Waals surface area contributed by atoms with Crippen molar-refractivity contribution in [2.24, 2.45) is 10.9 Å². The Morgan fingerprint density at radius 1 is 1.37 bits per heavy atom. The molecule has 0 atom stereocenters. The average Bonchev–Trinajstić information content (AvgIpc) is 2.46. The molecule has 0 aliphatic heterocycles. The van der Waals surface area contributed by atoms with E-state index in [-0.39, 0.29) is 5.84 Å². The number of hydrogen-bond acceptors (Lipinski definition) is 6. The van der Waals surface area contributed by atoms with Crippen molar-refractivity contribution in [3.63, 3.8) is 0 Å². The standard InChI is InChI=1S/C12H20N4O3/c1-18-7-5-16(6-8-19-2)10-3-4-14-11(9-10)12(13)15-17/h3-4,9,17H,5-8H2,1-2H3,(H2,13,15). The van der Waals surface area contributed by atoms with Crippen molar-refractivity contribution in [3.05, 3.63) is 24.0 Å². The Kier molecular flexibility index (Phi) is 6.62. The fourth-order valence-corrected chi connectivity index (χ4v) is 1.58. The quantitative estimate of drug-likeness (QED) is 0.304. The smallest absolute Gasteiger partial charge is 0.188 e. The number of nitrogens with two attached hydrogens (primary N) is 1. The topological polar surface area (TPSA) is 93.2 Å². The Labute approximate surface area is 112 Å². The van der Waals surface area contributed by atoms with E-state index in [9.17, 15) is 0 Å². The minimum Gasteiger partial charge on any atom is -0.409 e. The van der Waals surface area contributed by atoms with Gasteiger partial charge in [-0.2, -0.15) is 0 Å². The van der Waals surface area contributed by atoms with Crippen LogP contribution in [0.4, 0.5) is 5.69 Å². The number of amidine groups is 1. The molecule has 0 saturated heterocycles. The van der Waals surface area contributed by atoms with Crippen LogP contribution in [0.5, 0.6) is 0 Å². The van der Waals surface area contributed by atoms with Gasteiger partial charge in [-0.25, -0.2) is 0 Å². The Morgan fingerprint density at radius 3 is 2.53 bits per heavy atom. The Morgan fingerprint density at radius 2 is 2.00 bits per heavy atom. The molecule has 0 aliphatic rings. The van der Waals surface area contributed by atoms with Gasteiger partial charge in [-0.05, 0) is 12.1 Å². The van der Waals surface area contributed by atoms with E-state index in [0.29, 0.717) is 18.9 Å². The summed E-state index contributed by atoms with van der Waals surface area (Å²) < 4.78 is 10.2. The lowest BCUT2D eigenvalue weighted by molar-refractivity contribution is 0.190. The first-order chi connectivity index (χ1) is 9.22. The highest BCUT2D eigenvalue weighted by atomic mass is 16.5. The third kappa shape index (κ3) is 4.72. The average molecular weight is 268 g/mol. The summed E-state index contributed by atoms with van der Waals surface area (Å²) in [4.78, 5) is 6.13. The second-order valence-electron chi connectivity index (χ2n) is 3.86. The van der Waals surface area contributed by atoms with Crippen LogP contribution >= 0.6 is 0 Å². The highest BCUT2D eigenvalue weighted by Gasteiger charge is 2.09. The first-order valence-corrected chi connectivity index (χ1v) is 5.89. The van der Waals surface area contributed by atoms with Gasteiger partial charge in [-0.3, -0.25) is 4.98 Å². The van der Waals surface area contributed by atoms with Crippen LogP contribution in [-0.2, 0) is 9.47 Å². The van der Waals surface area contributed by atoms with Crippen molar-refractivity contribution in [1.82, 2.24) is 4.98 Å². The second kappa shape index (κ2) is 8.28. The third-order valence-electron chi connectivity index (χ3n) is 2.61. The van der Waals surface area contributed by atoms with Crippen LogP contribution in [0.25, 0.3) is 0 Å². The van der Waals surface area contributed by atoms with Gasteiger partial charge in [-0.15, -0.1) is 0 Å². The maximum atomic E-state index is 8.67. The SMILES string of the molecule is COCCN(CCOC)c1ccnc(C(N)=NO)c1. The van der Waals surface area contributed by atoms with Crippen molar-refractivity contribution in [1.29, 1.82) is 0 Å². The predicted octanol–water partition coefficient (Wildman–Crippen LogP) is 0.275. The Balaban J connectivity index is 2.87. The Bertz CT molecular complexity index is 404. The number of anilines is 1. The maximum absolute atomic E-state index is 8.67. The van der Waals surface area contributed by atoms with Crippen LogP contribution in [0.3, 0.4) is 0 Å². The summed E-state index contributed by atoms with van der Waals surface area (Å²) in [6.45, 7) is 2.65. The minimum absolute atomic E-state index is 0.0136. The molecule has 0 fully saturated rings. The van der Waals surface area contributed by atoms with Crippen LogP contribution in [0, 0.1) is 0 Å². The molecule has 1 heterocycles. The van der Waals surface area contributed by atoms with Gasteiger partial charge < -0.3 is 25.3 Å². The number of aromatic nitrogens is 1. The van der Waals surface area contributed by atoms with Crippen LogP contribution in [0.2, 0.25) is 0 Å². The van der Waals surface area contributed by atoms with Gasteiger partial charge in [0.05, 0.1) is 13.2 Å². The molecule has 0 unspecified atom stereocenters. The number of ether oxygens (including phenoxy) is 2. The molecule has 1 aromatic rings. The van der Waals surface area contributed by atoms with Crippen LogP contribution in [0.1, 0.15) is 5.69 Å². The van der Waals surface area contributed by atoms with Gasteiger partial charge in [0.1, 0.15) is 5.69 Å². The van der Waals surface area contributed by atoms with E-state index in [1.807, 2.05) is 6.07 Å². The molecule has 7 nitrogen and oxygen atoms in total. The van der Waals surface area contributed by atoms with E-state index >= 15 is 0 Å². The third-order valence-corrected chi connectivity index (χ3v) is 2.61. The molecule has 7 heteroatoms. The summed E-state index contributed by atoms with van der Waals surface area (Å²) >= 11 is 0. The zero-order chi connectivity index (χ0) is 14.1. The van der Waals surface area contributed by atoms with Gasteiger partial charge in [0.2, 0.25) is 0 Å². The second-order valence-corrected chi connectivity index (χ2v) is 3.86. The molecule has 19 heavy (non-hydrogen) atoms. The summed E-state index contributed by atoms with van der Waals surface area (Å²) in [5.74, 6) is -0.0136. The monoisotopic (exact) mass is 268 g/mol. The fourth-order valence-electron chi connectivity index (χ4n) is 1.58. The molecule has 0 spiro atoms. The number of nitrogens with zero attached hydrogens (tertiary/aromatic N) is 3. The molecule has 1 aromatic heterocycles. The maximum Gasteiger partial charge on any atom is 0.188 e. The minimum atomic E-state index is -0.0136. The lowest BCUT2D eigenvalue weighted by Gasteiger charge is -2.24. The van der Waals surface area contributed by atoms with Crippen molar-refractivity contribution >= 4 is 11.5 Å². The summed E-state index contributed by atoms with van der Waals surface area (Å²) in [6, 6.07) is 3.62. The highest BCUT2D eigenvalue weighted by Crippen LogP contribution is 2.14. The van der Waals surface area contributed by atoms with Crippen molar-refractivity contribution in [3.8, 4) is 0 Å². The molecule has 3 N–H and O–H groups in total. The van der Waals surface area contributed by atoms with E-state index in [1.165, 1.54) is 0 Å². The van der Waals surface area contributed by atoms with Gasteiger partial charge in [0.15, 0.2) is 5.84 Å². The number of hydrogen-bond donors (Lipinski definition) is 2. The van der Waals surface area contributed by atoms with Gasteiger partial charge in [0, 0.05) is 39.2 Å². The van der Waals surface area contributed by atoms with E-state index in [0.717, 1.165) is 18.8 Å². The van der Waals surface area contributed by atoms with E-state index < -0.39 is 0 Å². The number of methoxy groups -OCH3 is 2. The molecule has 0 radical (unpaired) electrons. The normalized spacial score (nSPS) is 11.6. The molecule has 106 valence electrons. The molecule has 0 bridgehead atoms. The molecule has 0 saturated carbocycles. The molecule has 0 aliphatic carbocycles. The summed E-state index contributed by atoms with van der Waals surface area (Å²) in [5, 5.41) is 11.6. The lowest BCUT2D eigenvalue weighted by atomic mass is 10.2. The number of rotatable bonds is 8. The number of pyridine rings is 1. The van der Waals surface area contributed by atoms with Gasteiger partial charge in [0.25, 0.3) is 0 Å². The van der Waals surface area contributed by atoms with Crippen LogP contribution in [0.15, 0.2) is 23.5 Å². The van der Waals surface area contributed by atoms with Crippen LogP contribution in [-0.4, -0.2) is 56.5 Å². The summed E-state index contributed by atoms with van der Waals surface area (Å²) in [5.41, 5.74) is 6.89. The first-order valence-electron chi connectivity index (χ1n) is 5.89. The summed E-state index contributed by atoms with van der Waals surface area (Å²) in [7, 11) is 3.31. The lowest BCUT2D eigenvalue weighted by Crippen LogP contribution is -2.31. The van der Waals surface area contributed by atoms with E-state index in [4.69, 9.17) is 20.4 Å². The summed E-state index contributed by atoms with van der Waals surface area (Å²) in [6.07, 6.45) is 1.62. The van der Waals surface area contributed by atoms with Crippen molar-refractivity contribution < 1.29 is 14.7 Å². The number of oxime groups is 1. The van der Waals surface area contributed by atoms with Gasteiger partial charge >= 0.3 is 0 Å². The first kappa shape index (κ1) is 15.2. The molecule has 0 aromatic carbocycles. The largest absolute Gasteiger partial charge is 0.409 e. The fraction of sp³-hybridized carbons (Fsp3) is 0.500. The highest BCUT2D eigenvalue weighted by molar-refractivity contribution is 5.95. The van der Waals surface area contributed by atoms with Crippen molar-refractivity contribution in [2.75, 3.05) is 45.4 Å². The molecular weight excluding hydrogens is 248 g/mol. The van der Waals surface area contributed by atoms with Crippen LogP contribution < -0.4 is 10.6 Å². The van der Waals surface area contributed by atoms with Gasteiger partial charge in [-0.1, -0.05) is 5.16 Å². The molecule has 1 rings (SSSR count). The zero-order valence-corrected chi connectivity index (χ0v) is 11.2. The van der Waals surface area contributed by atoms with E-state index in [2.05, 4.69) is 15.0 Å². The predicted molar refractivity (Wildman–Crippen MR) is 72.7 cm³/mol. The van der Waals surface area contributed by atoms with Crippen molar-refractivity contribution in [2.45, 2.75) is 0 Å². The van der Waals surface area contributed by atoms with E-state index in [1.54, 1.807) is 26.5 Å². The molecular formula is C12H20N4O3.